The molecule has 2 N–H and O–H groups in total. The molecule has 1 aliphatic heterocycles. The van der Waals surface area contributed by atoms with Crippen LogP contribution in [-0.2, 0) is 11.3 Å². The van der Waals surface area contributed by atoms with Gasteiger partial charge >= 0.3 is 0 Å². The summed E-state index contributed by atoms with van der Waals surface area (Å²) in [7, 11) is 2.20. The summed E-state index contributed by atoms with van der Waals surface area (Å²) in [5, 5.41) is 4.18. The molecule has 0 saturated carbocycles. The molecule has 2 heterocycles. The van der Waals surface area contributed by atoms with Gasteiger partial charge in [0.05, 0.1) is 0 Å². The molecule has 0 radical (unpaired) electrons. The van der Waals surface area contributed by atoms with Crippen LogP contribution in [0.2, 0.25) is 0 Å². The minimum atomic E-state index is 0.600. The summed E-state index contributed by atoms with van der Waals surface area (Å²) in [5.41, 5.74) is 5.57. The van der Waals surface area contributed by atoms with E-state index in [4.69, 9.17) is 10.5 Å². The second-order valence-electron chi connectivity index (χ2n) is 4.68. The van der Waals surface area contributed by atoms with Crippen LogP contribution in [0.25, 0.3) is 0 Å². The second kappa shape index (κ2) is 6.02. The van der Waals surface area contributed by atoms with Gasteiger partial charge in [0, 0.05) is 32.0 Å². The van der Waals surface area contributed by atoms with Gasteiger partial charge in [-0.05, 0) is 38.9 Å². The lowest BCUT2D eigenvalue weighted by Gasteiger charge is -2.31. The summed E-state index contributed by atoms with van der Waals surface area (Å²) in [6.07, 6.45) is 5.36. The van der Waals surface area contributed by atoms with Crippen molar-refractivity contribution in [3.63, 3.8) is 0 Å². The number of hydrogen-bond acceptors (Lipinski definition) is 4. The average Bonchev–Trinajstić information content (AvgIpc) is 2.76. The van der Waals surface area contributed by atoms with Crippen molar-refractivity contribution in [3.05, 3.63) is 12.3 Å². The van der Waals surface area contributed by atoms with Crippen LogP contribution in [0, 0.1) is 0 Å². The SMILES string of the molecule is CN(CCCn1ccc(N)n1)C1CCOCC1. The van der Waals surface area contributed by atoms with E-state index in [1.807, 2.05) is 16.9 Å². The van der Waals surface area contributed by atoms with E-state index in [0.29, 0.717) is 11.9 Å². The van der Waals surface area contributed by atoms with Gasteiger partial charge in [-0.3, -0.25) is 4.68 Å². The van der Waals surface area contributed by atoms with E-state index >= 15 is 0 Å². The Balaban J connectivity index is 1.67. The Labute approximate surface area is 103 Å². The fraction of sp³-hybridized carbons (Fsp3) is 0.750. The first-order chi connectivity index (χ1) is 8.25. The molecule has 5 nitrogen and oxygen atoms in total. The third-order valence-corrected chi connectivity index (χ3v) is 3.37. The van der Waals surface area contributed by atoms with Gasteiger partial charge in [-0.25, -0.2) is 0 Å². The summed E-state index contributed by atoms with van der Waals surface area (Å²) in [5.74, 6) is 0.600. The third kappa shape index (κ3) is 3.71. The highest BCUT2D eigenvalue weighted by molar-refractivity contribution is 5.23. The predicted octanol–water partition coefficient (Wildman–Crippen LogP) is 0.966. The molecular formula is C12H22N4O. The third-order valence-electron chi connectivity index (χ3n) is 3.37. The number of nitrogens with two attached hydrogens (primary N) is 1. The summed E-state index contributed by atoms with van der Waals surface area (Å²) in [4.78, 5) is 2.44. The quantitative estimate of drug-likeness (QED) is 0.830. The molecule has 0 aromatic carbocycles. The van der Waals surface area contributed by atoms with Crippen LogP contribution < -0.4 is 5.73 Å². The zero-order chi connectivity index (χ0) is 12.1. The Morgan fingerprint density at radius 2 is 2.29 bits per heavy atom. The monoisotopic (exact) mass is 238 g/mol. The van der Waals surface area contributed by atoms with E-state index in [9.17, 15) is 0 Å². The van der Waals surface area contributed by atoms with E-state index in [0.717, 1.165) is 45.6 Å². The molecule has 0 spiro atoms. The highest BCUT2D eigenvalue weighted by atomic mass is 16.5. The summed E-state index contributed by atoms with van der Waals surface area (Å²) < 4.78 is 7.28. The van der Waals surface area contributed by atoms with E-state index in [-0.39, 0.29) is 0 Å². The standard InChI is InChI=1S/C12H22N4O/c1-15(11-4-9-17-10-5-11)6-2-7-16-8-3-12(13)14-16/h3,8,11H,2,4-7,9-10H2,1H3,(H2,13,14). The van der Waals surface area contributed by atoms with Crippen molar-refractivity contribution in [3.8, 4) is 0 Å². The van der Waals surface area contributed by atoms with Crippen LogP contribution in [0.5, 0.6) is 0 Å². The number of ether oxygens (including phenoxy) is 1. The topological polar surface area (TPSA) is 56.3 Å². The van der Waals surface area contributed by atoms with Crippen molar-refractivity contribution >= 4 is 5.82 Å². The molecule has 2 rings (SSSR count). The highest BCUT2D eigenvalue weighted by Gasteiger charge is 2.17. The Morgan fingerprint density at radius 1 is 1.53 bits per heavy atom. The highest BCUT2D eigenvalue weighted by Crippen LogP contribution is 2.13. The molecule has 1 aliphatic rings. The molecule has 1 saturated heterocycles. The number of hydrogen-bond donors (Lipinski definition) is 1. The molecule has 96 valence electrons. The Morgan fingerprint density at radius 3 is 2.94 bits per heavy atom. The molecule has 5 heteroatoms. The van der Waals surface area contributed by atoms with Crippen molar-refractivity contribution in [2.45, 2.75) is 31.8 Å². The van der Waals surface area contributed by atoms with Gasteiger partial charge in [-0.15, -0.1) is 0 Å². The lowest BCUT2D eigenvalue weighted by molar-refractivity contribution is 0.0424. The number of nitrogens with zero attached hydrogens (tertiary/aromatic N) is 3. The molecule has 0 aliphatic carbocycles. The molecule has 17 heavy (non-hydrogen) atoms. The number of rotatable bonds is 5. The number of anilines is 1. The zero-order valence-corrected chi connectivity index (χ0v) is 10.5. The zero-order valence-electron chi connectivity index (χ0n) is 10.5. The van der Waals surface area contributed by atoms with Crippen molar-refractivity contribution in [2.75, 3.05) is 32.5 Å². The molecule has 0 bridgehead atoms. The van der Waals surface area contributed by atoms with Crippen LogP contribution in [0.1, 0.15) is 19.3 Å². The van der Waals surface area contributed by atoms with Gasteiger partial charge in [0.2, 0.25) is 0 Å². The van der Waals surface area contributed by atoms with Gasteiger partial charge in [0.15, 0.2) is 0 Å². The molecule has 0 amide bonds. The van der Waals surface area contributed by atoms with E-state index < -0.39 is 0 Å². The Kier molecular flexibility index (Phi) is 4.39. The van der Waals surface area contributed by atoms with Crippen molar-refractivity contribution in [1.29, 1.82) is 0 Å². The fourth-order valence-corrected chi connectivity index (χ4v) is 2.29. The van der Waals surface area contributed by atoms with E-state index in [1.54, 1.807) is 0 Å². The molecule has 1 aromatic heterocycles. The minimum absolute atomic E-state index is 0.600. The predicted molar refractivity (Wildman–Crippen MR) is 67.7 cm³/mol. The summed E-state index contributed by atoms with van der Waals surface area (Å²) in [6, 6.07) is 2.52. The van der Waals surface area contributed by atoms with Crippen LogP contribution >= 0.6 is 0 Å². The van der Waals surface area contributed by atoms with E-state index in [2.05, 4.69) is 17.0 Å². The van der Waals surface area contributed by atoms with Crippen molar-refractivity contribution in [1.82, 2.24) is 14.7 Å². The lowest BCUT2D eigenvalue weighted by Crippen LogP contribution is -2.37. The maximum absolute atomic E-state index is 5.57. The summed E-state index contributed by atoms with van der Waals surface area (Å²) in [6.45, 7) is 3.85. The number of aromatic nitrogens is 2. The number of aryl methyl sites for hydroxylation is 1. The molecular weight excluding hydrogens is 216 g/mol. The van der Waals surface area contributed by atoms with Crippen LogP contribution in [0.15, 0.2) is 12.3 Å². The second-order valence-corrected chi connectivity index (χ2v) is 4.68. The fourth-order valence-electron chi connectivity index (χ4n) is 2.29. The van der Waals surface area contributed by atoms with Crippen molar-refractivity contribution < 1.29 is 4.74 Å². The van der Waals surface area contributed by atoms with Crippen LogP contribution in [-0.4, -0.2) is 47.5 Å². The smallest absolute Gasteiger partial charge is 0.145 e. The molecule has 0 atom stereocenters. The van der Waals surface area contributed by atoms with Gasteiger partial charge in [-0.1, -0.05) is 0 Å². The summed E-state index contributed by atoms with van der Waals surface area (Å²) >= 11 is 0. The first kappa shape index (κ1) is 12.4. The van der Waals surface area contributed by atoms with Crippen molar-refractivity contribution in [2.24, 2.45) is 0 Å². The maximum atomic E-state index is 5.57. The Hall–Kier alpha value is -1.07. The van der Waals surface area contributed by atoms with Gasteiger partial charge < -0.3 is 15.4 Å². The normalized spacial score (nSPS) is 17.8. The Bertz CT molecular complexity index is 333. The molecule has 1 aromatic rings. The maximum Gasteiger partial charge on any atom is 0.145 e. The largest absolute Gasteiger partial charge is 0.382 e. The van der Waals surface area contributed by atoms with Crippen LogP contribution in [0.4, 0.5) is 5.82 Å². The number of nitrogen functional groups attached to an aromatic ring is 1. The van der Waals surface area contributed by atoms with Gasteiger partial charge in [-0.2, -0.15) is 5.10 Å². The van der Waals surface area contributed by atoms with E-state index in [1.165, 1.54) is 0 Å². The lowest BCUT2D eigenvalue weighted by atomic mass is 10.1. The average molecular weight is 238 g/mol. The molecule has 0 unspecified atom stereocenters. The first-order valence-corrected chi connectivity index (χ1v) is 6.32. The van der Waals surface area contributed by atoms with Gasteiger partial charge in [0.1, 0.15) is 5.82 Å². The van der Waals surface area contributed by atoms with Gasteiger partial charge in [0.25, 0.3) is 0 Å². The minimum Gasteiger partial charge on any atom is -0.382 e. The van der Waals surface area contributed by atoms with Crippen LogP contribution in [0.3, 0.4) is 0 Å². The molecule has 1 fully saturated rings. The first-order valence-electron chi connectivity index (χ1n) is 6.32.